The first-order valence-corrected chi connectivity index (χ1v) is 5.13. The van der Waals surface area contributed by atoms with Crippen LogP contribution >= 0.6 is 23.2 Å². The summed E-state index contributed by atoms with van der Waals surface area (Å²) in [5, 5.41) is 8.30. The van der Waals surface area contributed by atoms with E-state index in [2.05, 4.69) is 10.2 Å². The maximum Gasteiger partial charge on any atom is 0.238 e. The third-order valence-electron chi connectivity index (χ3n) is 1.77. The zero-order valence-electron chi connectivity index (χ0n) is 8.02. The highest BCUT2D eigenvalue weighted by atomic mass is 35.5. The number of nitrogen functional groups attached to an aromatic ring is 1. The van der Waals surface area contributed by atoms with Crippen LogP contribution in [0.4, 0.5) is 5.82 Å². The number of halogens is 2. The molecule has 82 valence electrons. The molecule has 0 spiro atoms. The lowest BCUT2D eigenvalue weighted by atomic mass is 10.3. The number of hydrogen-bond donors (Lipinski definition) is 1. The summed E-state index contributed by atoms with van der Waals surface area (Å²) in [6.45, 7) is 0. The number of aromatic nitrogens is 2. The van der Waals surface area contributed by atoms with E-state index in [-0.39, 0.29) is 0 Å². The fourth-order valence-corrected chi connectivity index (χ4v) is 1.33. The molecule has 1 aromatic heterocycles. The lowest BCUT2D eigenvalue weighted by Crippen LogP contribution is -1.94. The van der Waals surface area contributed by atoms with Gasteiger partial charge in [0.15, 0.2) is 0 Å². The Morgan fingerprint density at radius 1 is 1.00 bits per heavy atom. The van der Waals surface area contributed by atoms with Gasteiger partial charge in [0.25, 0.3) is 0 Å². The van der Waals surface area contributed by atoms with Gasteiger partial charge in [0.2, 0.25) is 5.88 Å². The van der Waals surface area contributed by atoms with E-state index in [1.54, 1.807) is 30.3 Å². The smallest absolute Gasteiger partial charge is 0.238 e. The van der Waals surface area contributed by atoms with Crippen molar-refractivity contribution >= 4 is 29.0 Å². The standard InChI is InChI=1S/C10H7Cl2N3O/c11-7-2-1-6(5-8(7)12)16-10-4-3-9(13)14-15-10/h1-5H,(H2,13,14). The highest BCUT2D eigenvalue weighted by Gasteiger charge is 2.02. The highest BCUT2D eigenvalue weighted by molar-refractivity contribution is 6.42. The third-order valence-corrected chi connectivity index (χ3v) is 2.51. The van der Waals surface area contributed by atoms with Gasteiger partial charge in [0, 0.05) is 12.1 Å². The first-order valence-electron chi connectivity index (χ1n) is 4.37. The van der Waals surface area contributed by atoms with Crippen molar-refractivity contribution in [3.63, 3.8) is 0 Å². The topological polar surface area (TPSA) is 61.0 Å². The van der Waals surface area contributed by atoms with Crippen molar-refractivity contribution in [3.8, 4) is 11.6 Å². The average molecular weight is 256 g/mol. The molecule has 0 fully saturated rings. The Labute approximate surface area is 102 Å². The van der Waals surface area contributed by atoms with E-state index >= 15 is 0 Å². The minimum Gasteiger partial charge on any atom is -0.437 e. The highest BCUT2D eigenvalue weighted by Crippen LogP contribution is 2.28. The summed E-state index contributed by atoms with van der Waals surface area (Å²) in [7, 11) is 0. The van der Waals surface area contributed by atoms with Gasteiger partial charge in [-0.05, 0) is 18.2 Å². The third kappa shape index (κ3) is 2.53. The van der Waals surface area contributed by atoms with Crippen molar-refractivity contribution < 1.29 is 4.74 Å². The van der Waals surface area contributed by atoms with Crippen molar-refractivity contribution in [3.05, 3.63) is 40.4 Å². The van der Waals surface area contributed by atoms with Gasteiger partial charge in [-0.3, -0.25) is 0 Å². The molecule has 0 aliphatic rings. The van der Waals surface area contributed by atoms with E-state index in [1.807, 2.05) is 0 Å². The SMILES string of the molecule is Nc1ccc(Oc2ccc(Cl)c(Cl)c2)nn1. The fraction of sp³-hybridized carbons (Fsp3) is 0. The van der Waals surface area contributed by atoms with E-state index < -0.39 is 0 Å². The average Bonchev–Trinajstić information content (AvgIpc) is 2.27. The molecule has 0 aliphatic heterocycles. The lowest BCUT2D eigenvalue weighted by Gasteiger charge is -2.04. The molecule has 2 rings (SSSR count). The summed E-state index contributed by atoms with van der Waals surface area (Å²) in [5.74, 6) is 1.21. The molecule has 0 saturated carbocycles. The molecule has 4 nitrogen and oxygen atoms in total. The van der Waals surface area contributed by atoms with E-state index in [9.17, 15) is 0 Å². The molecular weight excluding hydrogens is 249 g/mol. The van der Waals surface area contributed by atoms with Crippen molar-refractivity contribution in [2.75, 3.05) is 5.73 Å². The Balaban J connectivity index is 2.20. The number of ether oxygens (including phenoxy) is 1. The summed E-state index contributed by atoms with van der Waals surface area (Å²) in [6.07, 6.45) is 0. The zero-order valence-corrected chi connectivity index (χ0v) is 9.53. The summed E-state index contributed by atoms with van der Waals surface area (Å²) in [6, 6.07) is 8.14. The molecule has 2 N–H and O–H groups in total. The summed E-state index contributed by atoms with van der Waals surface area (Å²) in [5.41, 5.74) is 5.40. The van der Waals surface area contributed by atoms with Crippen molar-refractivity contribution in [1.82, 2.24) is 10.2 Å². The molecule has 2 aromatic rings. The number of benzene rings is 1. The molecule has 0 radical (unpaired) electrons. The van der Waals surface area contributed by atoms with E-state index in [0.717, 1.165) is 0 Å². The maximum absolute atomic E-state index is 5.84. The van der Waals surface area contributed by atoms with Gasteiger partial charge in [-0.2, -0.15) is 0 Å². The van der Waals surface area contributed by atoms with Crippen molar-refractivity contribution in [1.29, 1.82) is 0 Å². The van der Waals surface area contributed by atoms with Crippen LogP contribution in [0.25, 0.3) is 0 Å². The Hall–Kier alpha value is -1.52. The minimum absolute atomic E-state index is 0.335. The molecule has 0 atom stereocenters. The molecule has 0 unspecified atom stereocenters. The molecule has 0 saturated heterocycles. The van der Waals surface area contributed by atoms with E-state index in [0.29, 0.717) is 27.5 Å². The number of nitrogens with two attached hydrogens (primary N) is 1. The fourth-order valence-electron chi connectivity index (χ4n) is 1.05. The predicted octanol–water partition coefficient (Wildman–Crippen LogP) is 3.16. The quantitative estimate of drug-likeness (QED) is 0.896. The van der Waals surface area contributed by atoms with Crippen LogP contribution in [0, 0.1) is 0 Å². The molecule has 0 amide bonds. The Bertz CT molecular complexity index is 502. The first kappa shape index (κ1) is 11.0. The van der Waals surface area contributed by atoms with E-state index in [4.69, 9.17) is 33.7 Å². The van der Waals surface area contributed by atoms with Crippen LogP contribution in [-0.2, 0) is 0 Å². The second-order valence-corrected chi connectivity index (χ2v) is 3.79. The zero-order chi connectivity index (χ0) is 11.5. The summed E-state index contributed by atoms with van der Waals surface area (Å²) < 4.78 is 5.40. The minimum atomic E-state index is 0.335. The van der Waals surface area contributed by atoms with E-state index in [1.165, 1.54) is 0 Å². The Morgan fingerprint density at radius 3 is 2.44 bits per heavy atom. The lowest BCUT2D eigenvalue weighted by molar-refractivity contribution is 0.456. The van der Waals surface area contributed by atoms with Crippen LogP contribution in [0.2, 0.25) is 10.0 Å². The van der Waals surface area contributed by atoms with Gasteiger partial charge >= 0.3 is 0 Å². The first-order chi connectivity index (χ1) is 7.65. The van der Waals surface area contributed by atoms with Crippen molar-refractivity contribution in [2.24, 2.45) is 0 Å². The largest absolute Gasteiger partial charge is 0.437 e. The van der Waals surface area contributed by atoms with Gasteiger partial charge in [-0.1, -0.05) is 23.2 Å². The number of rotatable bonds is 2. The van der Waals surface area contributed by atoms with Gasteiger partial charge in [-0.25, -0.2) is 0 Å². The van der Waals surface area contributed by atoms with Gasteiger partial charge in [0.05, 0.1) is 10.0 Å². The Morgan fingerprint density at radius 2 is 1.81 bits per heavy atom. The maximum atomic E-state index is 5.84. The molecule has 6 heteroatoms. The number of anilines is 1. The molecule has 0 bridgehead atoms. The van der Waals surface area contributed by atoms with Crippen LogP contribution in [0.3, 0.4) is 0 Å². The van der Waals surface area contributed by atoms with Crippen LogP contribution < -0.4 is 10.5 Å². The predicted molar refractivity (Wildman–Crippen MR) is 63.0 cm³/mol. The van der Waals surface area contributed by atoms with Crippen LogP contribution in [0.1, 0.15) is 0 Å². The van der Waals surface area contributed by atoms with Gasteiger partial charge in [-0.15, -0.1) is 10.2 Å². The number of nitrogens with zero attached hydrogens (tertiary/aromatic N) is 2. The van der Waals surface area contributed by atoms with Gasteiger partial charge < -0.3 is 10.5 Å². The molecular formula is C10H7Cl2N3O. The summed E-state index contributed by atoms with van der Waals surface area (Å²) >= 11 is 11.6. The molecule has 1 heterocycles. The molecule has 1 aromatic carbocycles. The van der Waals surface area contributed by atoms with Crippen LogP contribution in [-0.4, -0.2) is 10.2 Å². The second-order valence-electron chi connectivity index (χ2n) is 2.97. The molecule has 16 heavy (non-hydrogen) atoms. The van der Waals surface area contributed by atoms with Crippen LogP contribution in [0.5, 0.6) is 11.6 Å². The summed E-state index contributed by atoms with van der Waals surface area (Å²) in [4.78, 5) is 0. The molecule has 0 aliphatic carbocycles. The Kier molecular flexibility index (Phi) is 3.12. The normalized spacial score (nSPS) is 10.1. The van der Waals surface area contributed by atoms with Gasteiger partial charge in [0.1, 0.15) is 11.6 Å². The van der Waals surface area contributed by atoms with Crippen LogP contribution in [0.15, 0.2) is 30.3 Å². The second kappa shape index (κ2) is 4.55. The van der Waals surface area contributed by atoms with Crippen molar-refractivity contribution in [2.45, 2.75) is 0 Å². The monoisotopic (exact) mass is 255 g/mol. The number of hydrogen-bond acceptors (Lipinski definition) is 4.